The average Bonchev–Trinajstić information content (AvgIpc) is 2.60. The third-order valence-electron chi connectivity index (χ3n) is 3.94. The molecular weight excluding hydrogens is 314 g/mol. The zero-order valence-electron chi connectivity index (χ0n) is 14.0. The Balaban J connectivity index is 0.000000413. The molecule has 1 aromatic rings. The Morgan fingerprint density at radius 2 is 1.75 bits per heavy atom. The molecule has 1 aromatic carbocycles. The molecule has 0 amide bonds. The molecule has 0 spiro atoms. The summed E-state index contributed by atoms with van der Waals surface area (Å²) in [6.45, 7) is 0.842. The van der Waals surface area contributed by atoms with E-state index in [1.165, 1.54) is 31.2 Å². The summed E-state index contributed by atoms with van der Waals surface area (Å²) in [6.07, 6.45) is 5.30. The van der Waals surface area contributed by atoms with Crippen LogP contribution in [0.3, 0.4) is 0 Å². The van der Waals surface area contributed by atoms with Crippen molar-refractivity contribution >= 4 is 11.9 Å². The minimum Gasteiger partial charge on any atom is -0.496 e. The molecule has 2 atom stereocenters. The first kappa shape index (κ1) is 19.9. The first-order chi connectivity index (χ1) is 11.5. The van der Waals surface area contributed by atoms with Gasteiger partial charge in [-0.05, 0) is 18.9 Å². The summed E-state index contributed by atoms with van der Waals surface area (Å²) in [7, 11) is 3.53. The lowest BCUT2D eigenvalue weighted by Crippen LogP contribution is -2.42. The molecule has 0 bridgehead atoms. The van der Waals surface area contributed by atoms with Gasteiger partial charge in [0.1, 0.15) is 5.75 Å². The van der Waals surface area contributed by atoms with Crippen LogP contribution in [0.15, 0.2) is 24.3 Å². The molecule has 2 rings (SSSR count). The highest BCUT2D eigenvalue weighted by Gasteiger charge is 2.24. The smallest absolute Gasteiger partial charge is 0.414 e. The van der Waals surface area contributed by atoms with Crippen molar-refractivity contribution in [2.75, 3.05) is 14.2 Å². The first-order valence-electron chi connectivity index (χ1n) is 7.83. The van der Waals surface area contributed by atoms with Gasteiger partial charge in [0, 0.05) is 25.3 Å². The monoisotopic (exact) mass is 339 g/mol. The number of nitrogens with one attached hydrogen (secondary N) is 1. The molecule has 1 aliphatic rings. The summed E-state index contributed by atoms with van der Waals surface area (Å²) in [5, 5.41) is 18.4. The molecule has 7 heteroatoms. The second kappa shape index (κ2) is 10.6. The van der Waals surface area contributed by atoms with Gasteiger partial charge in [-0.2, -0.15) is 0 Å². The van der Waals surface area contributed by atoms with Gasteiger partial charge >= 0.3 is 11.9 Å². The van der Waals surface area contributed by atoms with Gasteiger partial charge in [0.15, 0.2) is 0 Å². The predicted molar refractivity (Wildman–Crippen MR) is 88.2 cm³/mol. The van der Waals surface area contributed by atoms with E-state index in [2.05, 4.69) is 11.4 Å². The Kier molecular flexibility index (Phi) is 8.81. The maximum Gasteiger partial charge on any atom is 0.414 e. The van der Waals surface area contributed by atoms with E-state index in [1.54, 1.807) is 7.11 Å². The van der Waals surface area contributed by atoms with Gasteiger partial charge in [-0.3, -0.25) is 0 Å². The summed E-state index contributed by atoms with van der Waals surface area (Å²) < 4.78 is 10.9. The quantitative estimate of drug-likeness (QED) is 0.704. The topological polar surface area (TPSA) is 105 Å². The van der Waals surface area contributed by atoms with E-state index in [1.807, 2.05) is 25.3 Å². The molecule has 0 aliphatic heterocycles. The maximum absolute atomic E-state index is 9.10. The van der Waals surface area contributed by atoms with Gasteiger partial charge in [0.25, 0.3) is 0 Å². The molecule has 3 N–H and O–H groups in total. The average molecular weight is 339 g/mol. The lowest BCUT2D eigenvalue weighted by Gasteiger charge is -2.31. The summed E-state index contributed by atoms with van der Waals surface area (Å²) in [5.41, 5.74) is 1.21. The Bertz CT molecular complexity index is 522. The molecule has 2 unspecified atom stereocenters. The van der Waals surface area contributed by atoms with Crippen molar-refractivity contribution in [1.29, 1.82) is 0 Å². The SMILES string of the molecule is COc1ccccc1CNC1CCCCC1OC.O=C(O)C(=O)O. The lowest BCUT2D eigenvalue weighted by molar-refractivity contribution is -0.159. The fraction of sp³-hybridized carbons (Fsp3) is 0.529. The highest BCUT2D eigenvalue weighted by molar-refractivity contribution is 6.27. The van der Waals surface area contributed by atoms with Gasteiger partial charge in [0.2, 0.25) is 0 Å². The fourth-order valence-electron chi connectivity index (χ4n) is 2.70. The molecule has 0 heterocycles. The van der Waals surface area contributed by atoms with Gasteiger partial charge in [-0.15, -0.1) is 0 Å². The van der Waals surface area contributed by atoms with E-state index in [0.29, 0.717) is 12.1 Å². The molecule has 24 heavy (non-hydrogen) atoms. The number of carbonyl (C=O) groups is 2. The van der Waals surface area contributed by atoms with Crippen LogP contribution in [0.1, 0.15) is 31.2 Å². The number of aliphatic carboxylic acids is 2. The van der Waals surface area contributed by atoms with Crippen LogP contribution in [0, 0.1) is 0 Å². The third-order valence-corrected chi connectivity index (χ3v) is 3.94. The molecule has 7 nitrogen and oxygen atoms in total. The van der Waals surface area contributed by atoms with E-state index >= 15 is 0 Å². The highest BCUT2D eigenvalue weighted by atomic mass is 16.5. The number of carboxylic acids is 2. The normalized spacial score (nSPS) is 19.8. The predicted octanol–water partition coefficient (Wildman–Crippen LogP) is 1.90. The number of rotatable bonds is 5. The van der Waals surface area contributed by atoms with E-state index < -0.39 is 11.9 Å². The zero-order valence-corrected chi connectivity index (χ0v) is 14.0. The van der Waals surface area contributed by atoms with E-state index in [-0.39, 0.29) is 0 Å². The van der Waals surface area contributed by atoms with Crippen molar-refractivity contribution in [1.82, 2.24) is 5.32 Å². The summed E-state index contributed by atoms with van der Waals surface area (Å²) >= 11 is 0. The van der Waals surface area contributed by atoms with Crippen molar-refractivity contribution in [3.8, 4) is 5.75 Å². The number of para-hydroxylation sites is 1. The van der Waals surface area contributed by atoms with E-state index in [9.17, 15) is 0 Å². The van der Waals surface area contributed by atoms with E-state index in [0.717, 1.165) is 12.3 Å². The van der Waals surface area contributed by atoms with Crippen molar-refractivity contribution in [3.05, 3.63) is 29.8 Å². The number of hydrogen-bond donors (Lipinski definition) is 3. The third kappa shape index (κ3) is 6.55. The Morgan fingerprint density at radius 1 is 1.12 bits per heavy atom. The second-order valence-corrected chi connectivity index (χ2v) is 5.47. The molecule has 1 aliphatic carbocycles. The first-order valence-corrected chi connectivity index (χ1v) is 7.83. The van der Waals surface area contributed by atoms with Crippen LogP contribution in [0.25, 0.3) is 0 Å². The largest absolute Gasteiger partial charge is 0.496 e. The highest BCUT2D eigenvalue weighted by Crippen LogP contribution is 2.22. The van der Waals surface area contributed by atoms with Gasteiger partial charge in [0.05, 0.1) is 13.2 Å². The van der Waals surface area contributed by atoms with Gasteiger partial charge < -0.3 is 25.0 Å². The molecule has 0 saturated heterocycles. The minimum absolute atomic E-state index is 0.355. The van der Waals surface area contributed by atoms with Crippen LogP contribution in [0.5, 0.6) is 5.75 Å². The standard InChI is InChI=1S/C15H23NO2.C2H2O4/c1-17-14-9-5-3-7-12(14)11-16-13-8-4-6-10-15(13)18-2;3-1(4)2(5)6/h3,5,7,9,13,15-16H,4,6,8,10-11H2,1-2H3;(H,3,4)(H,5,6). The summed E-state index contributed by atoms with van der Waals surface area (Å²) in [4.78, 5) is 18.2. The number of benzene rings is 1. The van der Waals surface area contributed by atoms with Crippen LogP contribution >= 0.6 is 0 Å². The maximum atomic E-state index is 9.10. The molecule has 134 valence electrons. The number of hydrogen-bond acceptors (Lipinski definition) is 5. The Hall–Kier alpha value is -2.12. The minimum atomic E-state index is -1.82. The molecule has 0 aromatic heterocycles. The summed E-state index contributed by atoms with van der Waals surface area (Å²) in [5.74, 6) is -2.69. The van der Waals surface area contributed by atoms with Crippen LogP contribution in [-0.4, -0.2) is 48.5 Å². The summed E-state index contributed by atoms with van der Waals surface area (Å²) in [6, 6.07) is 8.63. The Labute approximate surface area is 141 Å². The molecule has 0 radical (unpaired) electrons. The second-order valence-electron chi connectivity index (χ2n) is 5.47. The molecule has 1 saturated carbocycles. The van der Waals surface area contributed by atoms with Crippen LogP contribution in [0.2, 0.25) is 0 Å². The molecular formula is C17H25NO6. The van der Waals surface area contributed by atoms with Gasteiger partial charge in [-0.25, -0.2) is 9.59 Å². The molecule has 1 fully saturated rings. The lowest BCUT2D eigenvalue weighted by atomic mass is 9.92. The van der Waals surface area contributed by atoms with E-state index in [4.69, 9.17) is 29.3 Å². The van der Waals surface area contributed by atoms with Crippen molar-refractivity contribution < 1.29 is 29.3 Å². The van der Waals surface area contributed by atoms with Crippen LogP contribution in [-0.2, 0) is 20.9 Å². The van der Waals surface area contributed by atoms with Crippen LogP contribution in [0.4, 0.5) is 0 Å². The van der Waals surface area contributed by atoms with Crippen molar-refractivity contribution in [2.45, 2.75) is 44.4 Å². The number of carboxylic acid groups (broad SMARTS) is 2. The van der Waals surface area contributed by atoms with Crippen molar-refractivity contribution in [3.63, 3.8) is 0 Å². The van der Waals surface area contributed by atoms with Crippen molar-refractivity contribution in [2.24, 2.45) is 0 Å². The zero-order chi connectivity index (χ0) is 17.9. The van der Waals surface area contributed by atoms with Crippen LogP contribution < -0.4 is 10.1 Å². The Morgan fingerprint density at radius 3 is 2.33 bits per heavy atom. The number of methoxy groups -OCH3 is 2. The number of ether oxygens (including phenoxy) is 2. The fourth-order valence-corrected chi connectivity index (χ4v) is 2.70. The van der Waals surface area contributed by atoms with Gasteiger partial charge in [-0.1, -0.05) is 31.0 Å².